The summed E-state index contributed by atoms with van der Waals surface area (Å²) in [5, 5.41) is 3.42. The Balaban J connectivity index is 3.28. The van der Waals surface area contributed by atoms with E-state index in [4.69, 9.17) is 4.74 Å². The Morgan fingerprint density at radius 3 is 1.90 bits per heavy atom. The monoisotopic (exact) mass is 284 g/mol. The van der Waals surface area contributed by atoms with Crippen molar-refractivity contribution in [3.63, 3.8) is 0 Å². The number of nitrogens with zero attached hydrogens (tertiary/aromatic N) is 5. The van der Waals surface area contributed by atoms with E-state index < -0.39 is 5.97 Å². The van der Waals surface area contributed by atoms with Crippen molar-refractivity contribution in [2.24, 2.45) is 9.98 Å². The zero-order valence-electron chi connectivity index (χ0n) is 14.1. The molecule has 0 fully saturated rings. The number of amidine groups is 1. The van der Waals surface area contributed by atoms with Gasteiger partial charge in [-0.3, -0.25) is 0 Å². The first kappa shape index (κ1) is 16.7. The van der Waals surface area contributed by atoms with Gasteiger partial charge in [0.25, 0.3) is 6.02 Å². The van der Waals surface area contributed by atoms with Gasteiger partial charge in [0.2, 0.25) is 5.96 Å². The van der Waals surface area contributed by atoms with E-state index in [1.807, 2.05) is 57.0 Å². The molecular weight excluding hydrogens is 256 g/mol. The van der Waals surface area contributed by atoms with Crippen LogP contribution in [0.3, 0.4) is 0 Å². The lowest BCUT2D eigenvalue weighted by Crippen LogP contribution is -2.65. The Labute approximate surface area is 122 Å². The summed E-state index contributed by atoms with van der Waals surface area (Å²) < 4.78 is 6.03. The fourth-order valence-corrected chi connectivity index (χ4v) is 1.66. The van der Waals surface area contributed by atoms with Crippen LogP contribution in [0.1, 0.15) is 20.8 Å². The molecule has 1 aliphatic heterocycles. The van der Waals surface area contributed by atoms with Crippen molar-refractivity contribution in [3.05, 3.63) is 0 Å². The van der Waals surface area contributed by atoms with E-state index in [1.165, 1.54) is 0 Å². The molecule has 0 radical (unpaired) electrons. The van der Waals surface area contributed by atoms with Crippen molar-refractivity contribution in [2.75, 3.05) is 42.3 Å². The maximum atomic E-state index is 6.03. The quantitative estimate of drug-likeness (QED) is 0.745. The third kappa shape index (κ3) is 3.83. The molecule has 1 N–H and O–H groups in total. The number of hydrogen-bond donors (Lipinski definition) is 1. The molecule has 1 atom stereocenters. The highest BCUT2D eigenvalue weighted by molar-refractivity contribution is 5.93. The number of rotatable bonds is 2. The molecule has 0 aromatic rings. The molecule has 0 saturated carbocycles. The average molecular weight is 284 g/mol. The van der Waals surface area contributed by atoms with E-state index in [1.54, 1.807) is 0 Å². The minimum atomic E-state index is -0.973. The van der Waals surface area contributed by atoms with E-state index in [0.29, 0.717) is 12.0 Å². The number of hydrogen-bond acceptors (Lipinski definition) is 7. The second kappa shape index (κ2) is 5.57. The van der Waals surface area contributed by atoms with Crippen molar-refractivity contribution in [2.45, 2.75) is 32.3 Å². The molecule has 0 unspecified atom stereocenters. The summed E-state index contributed by atoms with van der Waals surface area (Å²) in [5.41, 5.74) is -0.167. The fourth-order valence-electron chi connectivity index (χ4n) is 1.66. The van der Waals surface area contributed by atoms with Gasteiger partial charge < -0.3 is 14.5 Å². The first-order valence-electron chi connectivity index (χ1n) is 6.66. The van der Waals surface area contributed by atoms with E-state index >= 15 is 0 Å². The molecule has 0 aromatic carbocycles. The minimum Gasteiger partial charge on any atom is -0.408 e. The number of ether oxygens (including phenoxy) is 1. The molecular formula is C13H28N6O. The molecule has 0 aliphatic carbocycles. The Kier molecular flexibility index (Phi) is 4.66. The molecule has 1 rings (SSSR count). The zero-order valence-corrected chi connectivity index (χ0v) is 14.1. The van der Waals surface area contributed by atoms with Crippen LogP contribution in [0.15, 0.2) is 9.98 Å². The largest absolute Gasteiger partial charge is 0.408 e. The summed E-state index contributed by atoms with van der Waals surface area (Å²) in [7, 11) is 11.5. The molecule has 116 valence electrons. The summed E-state index contributed by atoms with van der Waals surface area (Å²) >= 11 is 0. The van der Waals surface area contributed by atoms with Crippen LogP contribution < -0.4 is 5.32 Å². The standard InChI is InChI=1S/C13H28N6O/c1-12(2,3)16-13(19(8)9)15-10(17(4)5)14-11(20-13)18(6)7/h16H,1-9H3/t13-/m0/s1. The van der Waals surface area contributed by atoms with Gasteiger partial charge in [0, 0.05) is 33.7 Å². The second-order valence-electron chi connectivity index (χ2n) is 6.57. The Bertz CT molecular complexity index is 408. The van der Waals surface area contributed by atoms with Gasteiger partial charge in [-0.1, -0.05) is 0 Å². The average Bonchev–Trinajstić information content (AvgIpc) is 2.25. The van der Waals surface area contributed by atoms with Crippen LogP contribution >= 0.6 is 0 Å². The van der Waals surface area contributed by atoms with Crippen LogP contribution in [-0.4, -0.2) is 80.5 Å². The van der Waals surface area contributed by atoms with Crippen molar-refractivity contribution in [1.29, 1.82) is 0 Å². The van der Waals surface area contributed by atoms with Crippen LogP contribution in [0.25, 0.3) is 0 Å². The van der Waals surface area contributed by atoms with Crippen LogP contribution in [0.4, 0.5) is 0 Å². The molecule has 0 saturated heterocycles. The highest BCUT2D eigenvalue weighted by Gasteiger charge is 2.43. The molecule has 0 aromatic heterocycles. The maximum Gasteiger partial charge on any atom is 0.329 e. The van der Waals surface area contributed by atoms with Crippen LogP contribution in [0.5, 0.6) is 0 Å². The predicted octanol–water partition coefficient (Wildman–Crippen LogP) is 0.413. The van der Waals surface area contributed by atoms with Crippen molar-refractivity contribution in [1.82, 2.24) is 20.0 Å². The molecule has 1 aliphatic rings. The molecule has 7 heteroatoms. The van der Waals surface area contributed by atoms with Gasteiger partial charge in [-0.05, 0) is 34.9 Å². The molecule has 0 amide bonds. The fraction of sp³-hybridized carbons (Fsp3) is 0.846. The highest BCUT2D eigenvalue weighted by Crippen LogP contribution is 2.22. The van der Waals surface area contributed by atoms with Gasteiger partial charge in [0.15, 0.2) is 0 Å². The lowest BCUT2D eigenvalue weighted by atomic mass is 10.1. The Morgan fingerprint density at radius 2 is 1.55 bits per heavy atom. The van der Waals surface area contributed by atoms with E-state index in [9.17, 15) is 0 Å². The lowest BCUT2D eigenvalue weighted by molar-refractivity contribution is -0.116. The normalized spacial score (nSPS) is 23.1. The highest BCUT2D eigenvalue weighted by atomic mass is 16.6. The van der Waals surface area contributed by atoms with Crippen molar-refractivity contribution >= 4 is 12.0 Å². The van der Waals surface area contributed by atoms with Crippen LogP contribution in [-0.2, 0) is 4.74 Å². The Morgan fingerprint density at radius 1 is 1.00 bits per heavy atom. The molecule has 1 heterocycles. The summed E-state index contributed by atoms with van der Waals surface area (Å²) in [6.45, 7) is 6.23. The SMILES string of the molecule is CN(C)C1=N[C@](NC(C)(C)C)(N(C)C)OC(N(C)C)=N1. The molecule has 20 heavy (non-hydrogen) atoms. The first-order valence-corrected chi connectivity index (χ1v) is 6.66. The summed E-state index contributed by atoms with van der Waals surface area (Å²) in [6, 6.07) is 0.522. The molecule has 7 nitrogen and oxygen atoms in total. The number of aliphatic imine (C=N–C) groups is 2. The molecule has 0 spiro atoms. The summed E-state index contributed by atoms with van der Waals surface area (Å²) in [6.07, 6.45) is 0. The number of guanidine groups is 1. The predicted molar refractivity (Wildman–Crippen MR) is 82.6 cm³/mol. The summed E-state index contributed by atoms with van der Waals surface area (Å²) in [4.78, 5) is 14.7. The first-order chi connectivity index (χ1) is 8.97. The van der Waals surface area contributed by atoms with Crippen molar-refractivity contribution in [3.8, 4) is 0 Å². The number of nitrogens with one attached hydrogen (secondary N) is 1. The van der Waals surface area contributed by atoms with Crippen LogP contribution in [0, 0.1) is 0 Å². The smallest absolute Gasteiger partial charge is 0.329 e. The van der Waals surface area contributed by atoms with Gasteiger partial charge in [0.05, 0.1) is 0 Å². The maximum absolute atomic E-state index is 6.03. The van der Waals surface area contributed by atoms with Gasteiger partial charge in [-0.25, -0.2) is 10.2 Å². The van der Waals surface area contributed by atoms with E-state index in [0.717, 1.165) is 0 Å². The van der Waals surface area contributed by atoms with E-state index in [2.05, 4.69) is 36.1 Å². The zero-order chi connectivity index (χ0) is 15.7. The van der Waals surface area contributed by atoms with Gasteiger partial charge in [-0.15, -0.1) is 0 Å². The van der Waals surface area contributed by atoms with E-state index in [-0.39, 0.29) is 5.54 Å². The minimum absolute atomic E-state index is 0.167. The topological polar surface area (TPSA) is 55.7 Å². The Hall–Kier alpha value is -1.34. The third-order valence-electron chi connectivity index (χ3n) is 2.61. The third-order valence-corrected chi connectivity index (χ3v) is 2.61. The second-order valence-corrected chi connectivity index (χ2v) is 6.57. The molecule has 0 bridgehead atoms. The van der Waals surface area contributed by atoms with Gasteiger partial charge >= 0.3 is 5.97 Å². The van der Waals surface area contributed by atoms with Crippen molar-refractivity contribution < 1.29 is 4.74 Å². The lowest BCUT2D eigenvalue weighted by Gasteiger charge is -2.43. The van der Waals surface area contributed by atoms with Gasteiger partial charge in [-0.2, -0.15) is 9.98 Å². The van der Waals surface area contributed by atoms with Gasteiger partial charge in [0.1, 0.15) is 0 Å². The summed E-state index contributed by atoms with van der Waals surface area (Å²) in [5.74, 6) is -0.357. The van der Waals surface area contributed by atoms with Crippen LogP contribution in [0.2, 0.25) is 0 Å².